The van der Waals surface area contributed by atoms with Crippen LogP contribution in [0.4, 0.5) is 5.69 Å². The molecular formula is C22H24N4O2S2. The molecule has 1 N–H and O–H groups in total. The summed E-state index contributed by atoms with van der Waals surface area (Å²) in [5.41, 5.74) is 3.30. The Morgan fingerprint density at radius 2 is 2.23 bits per heavy atom. The number of thioether (sulfide) groups is 1. The minimum atomic E-state index is -0.101. The largest absolute Gasteiger partial charge is 0.497 e. The molecule has 0 spiro atoms. The van der Waals surface area contributed by atoms with E-state index >= 15 is 0 Å². The lowest BCUT2D eigenvalue weighted by Gasteiger charge is -2.13. The molecule has 0 aliphatic heterocycles. The van der Waals surface area contributed by atoms with Crippen LogP contribution in [0.2, 0.25) is 0 Å². The van der Waals surface area contributed by atoms with Gasteiger partial charge in [0.15, 0.2) is 11.0 Å². The highest BCUT2D eigenvalue weighted by Gasteiger charge is 2.22. The number of carbonyl (C=O) groups is 1. The van der Waals surface area contributed by atoms with E-state index in [0.29, 0.717) is 18.0 Å². The number of anilines is 1. The normalized spacial score (nSPS) is 13.0. The van der Waals surface area contributed by atoms with Crippen LogP contribution in [0, 0.1) is 0 Å². The van der Waals surface area contributed by atoms with Crippen LogP contribution in [0.1, 0.15) is 23.3 Å². The summed E-state index contributed by atoms with van der Waals surface area (Å²) in [5, 5.41) is 14.7. The average molecular weight is 441 g/mol. The number of allylic oxidation sites excluding steroid dienone is 1. The van der Waals surface area contributed by atoms with E-state index in [0.717, 1.165) is 23.8 Å². The Bertz CT molecular complexity index is 1060. The zero-order valence-corrected chi connectivity index (χ0v) is 18.5. The summed E-state index contributed by atoms with van der Waals surface area (Å²) in [7, 11) is 1.60. The van der Waals surface area contributed by atoms with Crippen molar-refractivity contribution in [3.63, 3.8) is 0 Å². The monoisotopic (exact) mass is 440 g/mol. The molecule has 0 unspecified atom stereocenters. The van der Waals surface area contributed by atoms with Gasteiger partial charge in [0.25, 0.3) is 0 Å². The Balaban J connectivity index is 1.49. The summed E-state index contributed by atoms with van der Waals surface area (Å²) in [4.78, 5) is 13.9. The Kier molecular flexibility index (Phi) is 6.54. The molecule has 4 rings (SSSR count). The highest BCUT2D eigenvalue weighted by Crippen LogP contribution is 2.36. The van der Waals surface area contributed by atoms with Gasteiger partial charge in [0, 0.05) is 34.1 Å². The number of amides is 1. The number of nitrogens with one attached hydrogen (secondary N) is 1. The van der Waals surface area contributed by atoms with Gasteiger partial charge < -0.3 is 10.1 Å². The van der Waals surface area contributed by atoms with Crippen LogP contribution in [0.5, 0.6) is 5.75 Å². The number of aryl methyl sites for hydroxylation is 1. The van der Waals surface area contributed by atoms with Gasteiger partial charge in [0.05, 0.1) is 12.9 Å². The lowest BCUT2D eigenvalue weighted by Crippen LogP contribution is -2.14. The standard InChI is InChI=1S/C22H24N4O2S2/c1-3-11-26-21(18-13-29-19-10-5-4-9-17(18)19)24-25-22(26)30-14-20(27)23-15-7-6-8-16(12-15)28-2/h3,6-8,12-13H,1,4-5,9-11,14H2,2H3,(H,23,27). The van der Waals surface area contributed by atoms with Gasteiger partial charge >= 0.3 is 0 Å². The molecule has 30 heavy (non-hydrogen) atoms. The lowest BCUT2D eigenvalue weighted by molar-refractivity contribution is -0.113. The van der Waals surface area contributed by atoms with Crippen molar-refractivity contribution < 1.29 is 9.53 Å². The highest BCUT2D eigenvalue weighted by molar-refractivity contribution is 7.99. The van der Waals surface area contributed by atoms with E-state index in [2.05, 4.69) is 27.5 Å². The van der Waals surface area contributed by atoms with Crippen LogP contribution in [0.25, 0.3) is 11.4 Å². The van der Waals surface area contributed by atoms with Crippen molar-refractivity contribution in [3.05, 3.63) is 52.7 Å². The number of thiophene rings is 1. The van der Waals surface area contributed by atoms with Crippen molar-refractivity contribution >= 4 is 34.7 Å². The molecule has 0 atom stereocenters. The SMILES string of the molecule is C=CCn1c(SCC(=O)Nc2cccc(OC)c2)nnc1-c1csc2c1CCCC2. The van der Waals surface area contributed by atoms with Crippen molar-refractivity contribution in [2.45, 2.75) is 37.4 Å². The first-order valence-electron chi connectivity index (χ1n) is 9.90. The number of hydrogen-bond acceptors (Lipinski definition) is 6. The van der Waals surface area contributed by atoms with E-state index in [4.69, 9.17) is 4.74 Å². The number of aromatic nitrogens is 3. The number of ether oxygens (including phenoxy) is 1. The van der Waals surface area contributed by atoms with Crippen LogP contribution >= 0.6 is 23.1 Å². The molecule has 1 aliphatic rings. The molecular weight excluding hydrogens is 416 g/mol. The maximum Gasteiger partial charge on any atom is 0.234 e. The second kappa shape index (κ2) is 9.49. The van der Waals surface area contributed by atoms with Gasteiger partial charge in [0.1, 0.15) is 5.75 Å². The maximum absolute atomic E-state index is 12.4. The minimum Gasteiger partial charge on any atom is -0.497 e. The third kappa shape index (κ3) is 4.44. The van der Waals surface area contributed by atoms with Gasteiger partial charge in [-0.1, -0.05) is 23.9 Å². The number of benzene rings is 1. The molecule has 0 radical (unpaired) electrons. The molecule has 0 bridgehead atoms. The number of nitrogens with zero attached hydrogens (tertiary/aromatic N) is 3. The van der Waals surface area contributed by atoms with E-state index in [1.165, 1.54) is 40.6 Å². The molecule has 6 nitrogen and oxygen atoms in total. The molecule has 0 saturated carbocycles. The summed E-state index contributed by atoms with van der Waals surface area (Å²) < 4.78 is 7.25. The predicted octanol–water partition coefficient (Wildman–Crippen LogP) is 4.81. The van der Waals surface area contributed by atoms with Gasteiger partial charge in [-0.15, -0.1) is 28.1 Å². The topological polar surface area (TPSA) is 69.0 Å². The zero-order chi connectivity index (χ0) is 20.9. The smallest absolute Gasteiger partial charge is 0.234 e. The molecule has 1 aromatic carbocycles. The number of rotatable bonds is 8. The average Bonchev–Trinajstić information content (AvgIpc) is 3.36. The first-order valence-corrected chi connectivity index (χ1v) is 11.8. The fraction of sp³-hybridized carbons (Fsp3) is 0.318. The van der Waals surface area contributed by atoms with E-state index in [9.17, 15) is 4.79 Å². The molecule has 1 aliphatic carbocycles. The Hall–Kier alpha value is -2.58. The van der Waals surface area contributed by atoms with Crippen molar-refractivity contribution in [2.75, 3.05) is 18.2 Å². The summed E-state index contributed by atoms with van der Waals surface area (Å²) in [5.74, 6) is 1.71. The highest BCUT2D eigenvalue weighted by atomic mass is 32.2. The number of fused-ring (bicyclic) bond motifs is 1. The van der Waals surface area contributed by atoms with Crippen LogP contribution in [-0.4, -0.2) is 33.5 Å². The summed E-state index contributed by atoms with van der Waals surface area (Å²) >= 11 is 3.20. The number of hydrogen-bond donors (Lipinski definition) is 1. The van der Waals surface area contributed by atoms with Crippen LogP contribution in [-0.2, 0) is 24.2 Å². The maximum atomic E-state index is 12.4. The summed E-state index contributed by atoms with van der Waals surface area (Å²) in [6.45, 7) is 4.48. The Morgan fingerprint density at radius 3 is 3.07 bits per heavy atom. The lowest BCUT2D eigenvalue weighted by atomic mass is 9.95. The van der Waals surface area contributed by atoms with Gasteiger partial charge in [-0.3, -0.25) is 9.36 Å². The summed E-state index contributed by atoms with van der Waals surface area (Å²) in [6, 6.07) is 7.31. The molecule has 1 amide bonds. The van der Waals surface area contributed by atoms with Crippen LogP contribution in [0.15, 0.2) is 47.5 Å². The molecule has 3 aromatic rings. The minimum absolute atomic E-state index is 0.101. The molecule has 0 fully saturated rings. The first-order chi connectivity index (χ1) is 14.7. The van der Waals surface area contributed by atoms with Crippen LogP contribution in [0.3, 0.4) is 0 Å². The van der Waals surface area contributed by atoms with E-state index in [1.54, 1.807) is 13.2 Å². The molecule has 156 valence electrons. The van der Waals surface area contributed by atoms with Gasteiger partial charge in [0.2, 0.25) is 5.91 Å². The Morgan fingerprint density at radius 1 is 1.37 bits per heavy atom. The number of methoxy groups -OCH3 is 1. The van der Waals surface area contributed by atoms with Crippen molar-refractivity contribution in [3.8, 4) is 17.1 Å². The molecule has 2 aromatic heterocycles. The molecule has 8 heteroatoms. The van der Waals surface area contributed by atoms with Gasteiger partial charge in [-0.25, -0.2) is 0 Å². The zero-order valence-electron chi connectivity index (χ0n) is 16.9. The Labute approximate surface area is 184 Å². The van der Waals surface area contributed by atoms with Crippen LogP contribution < -0.4 is 10.1 Å². The fourth-order valence-electron chi connectivity index (χ4n) is 3.60. The second-order valence-electron chi connectivity index (χ2n) is 7.03. The van der Waals surface area contributed by atoms with Crippen molar-refractivity contribution in [1.82, 2.24) is 14.8 Å². The van der Waals surface area contributed by atoms with Crippen molar-refractivity contribution in [1.29, 1.82) is 0 Å². The quantitative estimate of drug-likeness (QED) is 0.402. The van der Waals surface area contributed by atoms with Gasteiger partial charge in [-0.2, -0.15) is 0 Å². The van der Waals surface area contributed by atoms with E-state index < -0.39 is 0 Å². The summed E-state index contributed by atoms with van der Waals surface area (Å²) in [6.07, 6.45) is 6.57. The predicted molar refractivity (Wildman–Crippen MR) is 123 cm³/mol. The van der Waals surface area contributed by atoms with Crippen molar-refractivity contribution in [2.24, 2.45) is 0 Å². The third-order valence-electron chi connectivity index (χ3n) is 5.02. The fourth-order valence-corrected chi connectivity index (χ4v) is 5.47. The number of carbonyl (C=O) groups excluding carboxylic acids is 1. The van der Waals surface area contributed by atoms with Gasteiger partial charge in [-0.05, 0) is 43.4 Å². The molecule has 0 saturated heterocycles. The van der Waals surface area contributed by atoms with E-state index in [-0.39, 0.29) is 11.7 Å². The molecule has 2 heterocycles. The van der Waals surface area contributed by atoms with E-state index in [1.807, 2.05) is 40.2 Å². The third-order valence-corrected chi connectivity index (χ3v) is 7.07. The first kappa shape index (κ1) is 20.7. The second-order valence-corrected chi connectivity index (χ2v) is 8.94.